The molecule has 0 aliphatic heterocycles. The average Bonchev–Trinajstić information content (AvgIpc) is 2.38. The molecule has 0 aromatic heterocycles. The van der Waals surface area contributed by atoms with Crippen LogP contribution in [0.4, 0.5) is 5.69 Å². The molecule has 0 spiro atoms. The molecule has 0 fully saturated rings. The number of ether oxygens (including phenoxy) is 1. The number of hydrogen-bond donors (Lipinski definition) is 1. The lowest BCUT2D eigenvalue weighted by atomic mass is 10.1. The van der Waals surface area contributed by atoms with Crippen molar-refractivity contribution in [1.29, 1.82) is 0 Å². The van der Waals surface area contributed by atoms with Crippen molar-refractivity contribution in [1.82, 2.24) is 5.32 Å². The molecular weight excluding hydrogens is 232 g/mol. The second-order valence-electron chi connectivity index (χ2n) is 4.04. The first kappa shape index (κ1) is 14.6. The van der Waals surface area contributed by atoms with Crippen LogP contribution < -0.4 is 5.32 Å². The van der Waals surface area contributed by atoms with E-state index in [1.807, 2.05) is 0 Å². The number of nitro benzene ring substituents is 1. The van der Waals surface area contributed by atoms with Crippen molar-refractivity contribution in [3.63, 3.8) is 0 Å². The van der Waals surface area contributed by atoms with E-state index in [4.69, 9.17) is 4.74 Å². The molecule has 0 atom stereocenters. The molecule has 0 aliphatic carbocycles. The molecule has 1 aromatic rings. The number of nitrogens with zero attached hydrogens (tertiary/aromatic N) is 1. The summed E-state index contributed by atoms with van der Waals surface area (Å²) < 4.78 is 5.34. The summed E-state index contributed by atoms with van der Waals surface area (Å²) in [6.45, 7) is 5.32. The van der Waals surface area contributed by atoms with Crippen molar-refractivity contribution in [3.8, 4) is 0 Å². The summed E-state index contributed by atoms with van der Waals surface area (Å²) >= 11 is 0. The fraction of sp³-hybridized carbons (Fsp3) is 0.538. The highest BCUT2D eigenvalue weighted by Gasteiger charge is 2.03. The van der Waals surface area contributed by atoms with Crippen LogP contribution in [0.25, 0.3) is 0 Å². The van der Waals surface area contributed by atoms with E-state index in [0.29, 0.717) is 0 Å². The van der Waals surface area contributed by atoms with Crippen LogP contribution in [0.1, 0.15) is 18.9 Å². The molecule has 1 aromatic carbocycles. The van der Waals surface area contributed by atoms with Gasteiger partial charge in [0, 0.05) is 25.3 Å². The van der Waals surface area contributed by atoms with Crippen LogP contribution >= 0.6 is 0 Å². The smallest absolute Gasteiger partial charge is 0.269 e. The third kappa shape index (κ3) is 5.75. The summed E-state index contributed by atoms with van der Waals surface area (Å²) in [4.78, 5) is 10.1. The fourth-order valence-corrected chi connectivity index (χ4v) is 1.53. The standard InChI is InChI=1S/C13H20N2O3/c1-2-10-18-11-9-14-8-7-12-3-5-13(6-4-12)15(16)17/h3-6,14H,2,7-11H2,1H3. The van der Waals surface area contributed by atoms with Gasteiger partial charge in [-0.15, -0.1) is 0 Å². The van der Waals surface area contributed by atoms with Crippen molar-refractivity contribution < 1.29 is 9.66 Å². The zero-order chi connectivity index (χ0) is 13.2. The van der Waals surface area contributed by atoms with Gasteiger partial charge in [-0.25, -0.2) is 0 Å². The Morgan fingerprint density at radius 1 is 1.22 bits per heavy atom. The molecule has 0 aliphatic rings. The zero-order valence-electron chi connectivity index (χ0n) is 10.7. The summed E-state index contributed by atoms with van der Waals surface area (Å²) in [7, 11) is 0. The number of benzene rings is 1. The van der Waals surface area contributed by atoms with Gasteiger partial charge in [-0.3, -0.25) is 10.1 Å². The average molecular weight is 252 g/mol. The number of rotatable bonds is 9. The van der Waals surface area contributed by atoms with Crippen LogP contribution in [0.2, 0.25) is 0 Å². The second-order valence-corrected chi connectivity index (χ2v) is 4.04. The lowest BCUT2D eigenvalue weighted by Crippen LogP contribution is -2.22. The molecule has 5 heteroatoms. The summed E-state index contributed by atoms with van der Waals surface area (Å²) in [6.07, 6.45) is 1.91. The van der Waals surface area contributed by atoms with Crippen molar-refractivity contribution in [2.45, 2.75) is 19.8 Å². The Kier molecular flexibility index (Phi) is 6.98. The predicted molar refractivity (Wildman–Crippen MR) is 70.8 cm³/mol. The van der Waals surface area contributed by atoms with Crippen LogP contribution in [0.15, 0.2) is 24.3 Å². The van der Waals surface area contributed by atoms with E-state index >= 15 is 0 Å². The number of non-ortho nitro benzene ring substituents is 1. The first-order chi connectivity index (χ1) is 8.74. The van der Waals surface area contributed by atoms with Gasteiger partial charge in [0.1, 0.15) is 0 Å². The van der Waals surface area contributed by atoms with E-state index in [-0.39, 0.29) is 10.6 Å². The topological polar surface area (TPSA) is 64.4 Å². The maximum atomic E-state index is 10.5. The first-order valence-corrected chi connectivity index (χ1v) is 6.26. The van der Waals surface area contributed by atoms with Crippen molar-refractivity contribution in [2.24, 2.45) is 0 Å². The van der Waals surface area contributed by atoms with Crippen LogP contribution in [0.3, 0.4) is 0 Å². The molecule has 100 valence electrons. The molecule has 0 unspecified atom stereocenters. The Hall–Kier alpha value is -1.46. The quantitative estimate of drug-likeness (QED) is 0.415. The molecule has 18 heavy (non-hydrogen) atoms. The SMILES string of the molecule is CCCOCCNCCc1ccc([N+](=O)[O-])cc1. The van der Waals surface area contributed by atoms with Crippen LogP contribution in [0.5, 0.6) is 0 Å². The maximum Gasteiger partial charge on any atom is 0.269 e. The molecule has 0 bridgehead atoms. The van der Waals surface area contributed by atoms with E-state index in [1.54, 1.807) is 24.3 Å². The number of nitro groups is 1. The summed E-state index contributed by atoms with van der Waals surface area (Å²) in [5.41, 5.74) is 1.24. The Labute approximate surface area is 107 Å². The Morgan fingerprint density at radius 2 is 1.94 bits per heavy atom. The van der Waals surface area contributed by atoms with Gasteiger partial charge in [-0.05, 0) is 24.9 Å². The molecule has 0 saturated heterocycles. The normalized spacial score (nSPS) is 10.5. The van der Waals surface area contributed by atoms with Gasteiger partial charge in [-0.2, -0.15) is 0 Å². The molecular formula is C13H20N2O3. The maximum absolute atomic E-state index is 10.5. The van der Waals surface area contributed by atoms with E-state index in [2.05, 4.69) is 12.2 Å². The van der Waals surface area contributed by atoms with Crippen LogP contribution in [0, 0.1) is 10.1 Å². The van der Waals surface area contributed by atoms with Gasteiger partial charge in [0.2, 0.25) is 0 Å². The first-order valence-electron chi connectivity index (χ1n) is 6.26. The number of nitrogens with one attached hydrogen (secondary N) is 1. The van der Waals surface area contributed by atoms with Gasteiger partial charge < -0.3 is 10.1 Å². The predicted octanol–water partition coefficient (Wildman–Crippen LogP) is 2.15. The van der Waals surface area contributed by atoms with Crippen molar-refractivity contribution in [3.05, 3.63) is 39.9 Å². The monoisotopic (exact) mass is 252 g/mol. The van der Waals surface area contributed by atoms with E-state index in [9.17, 15) is 10.1 Å². The van der Waals surface area contributed by atoms with Gasteiger partial charge in [0.05, 0.1) is 11.5 Å². The minimum absolute atomic E-state index is 0.139. The summed E-state index contributed by atoms with van der Waals surface area (Å²) in [5.74, 6) is 0. The highest BCUT2D eigenvalue weighted by Crippen LogP contribution is 2.11. The third-order valence-electron chi connectivity index (χ3n) is 2.51. The highest BCUT2D eigenvalue weighted by atomic mass is 16.6. The minimum Gasteiger partial charge on any atom is -0.380 e. The van der Waals surface area contributed by atoms with E-state index in [1.165, 1.54) is 0 Å². The molecule has 5 nitrogen and oxygen atoms in total. The highest BCUT2D eigenvalue weighted by molar-refractivity contribution is 5.32. The van der Waals surface area contributed by atoms with Crippen LogP contribution in [-0.4, -0.2) is 31.2 Å². The molecule has 1 N–H and O–H groups in total. The Balaban J connectivity index is 2.14. The molecule has 0 amide bonds. The van der Waals surface area contributed by atoms with Crippen molar-refractivity contribution >= 4 is 5.69 Å². The minimum atomic E-state index is -0.382. The Morgan fingerprint density at radius 3 is 2.56 bits per heavy atom. The number of hydrogen-bond acceptors (Lipinski definition) is 4. The van der Waals surface area contributed by atoms with E-state index < -0.39 is 0 Å². The molecule has 0 heterocycles. The molecule has 0 saturated carbocycles. The summed E-state index contributed by atoms with van der Waals surface area (Å²) in [6, 6.07) is 6.68. The van der Waals surface area contributed by atoms with Gasteiger partial charge in [-0.1, -0.05) is 19.1 Å². The largest absolute Gasteiger partial charge is 0.380 e. The van der Waals surface area contributed by atoms with Gasteiger partial charge in [0.15, 0.2) is 0 Å². The lowest BCUT2D eigenvalue weighted by molar-refractivity contribution is -0.384. The molecule has 1 rings (SSSR count). The van der Waals surface area contributed by atoms with E-state index in [0.717, 1.165) is 44.7 Å². The van der Waals surface area contributed by atoms with Crippen LogP contribution in [-0.2, 0) is 11.2 Å². The fourth-order valence-electron chi connectivity index (χ4n) is 1.53. The van der Waals surface area contributed by atoms with Crippen molar-refractivity contribution in [2.75, 3.05) is 26.3 Å². The third-order valence-corrected chi connectivity index (χ3v) is 2.51. The Bertz CT molecular complexity index is 352. The zero-order valence-corrected chi connectivity index (χ0v) is 10.7. The lowest BCUT2D eigenvalue weighted by Gasteiger charge is -2.05. The van der Waals surface area contributed by atoms with Gasteiger partial charge >= 0.3 is 0 Å². The second kappa shape index (κ2) is 8.60. The summed E-state index contributed by atoms with van der Waals surface area (Å²) in [5, 5.41) is 13.7. The molecule has 0 radical (unpaired) electrons. The van der Waals surface area contributed by atoms with Gasteiger partial charge in [0.25, 0.3) is 5.69 Å².